The quantitative estimate of drug-likeness (QED) is 0.381. The van der Waals surface area contributed by atoms with Gasteiger partial charge < -0.3 is 10.0 Å². The zero-order chi connectivity index (χ0) is 22.2. The van der Waals surface area contributed by atoms with Gasteiger partial charge in [-0.1, -0.05) is 83.2 Å². The first-order valence-corrected chi connectivity index (χ1v) is 11.4. The van der Waals surface area contributed by atoms with Gasteiger partial charge in [0.1, 0.15) is 0 Å². The summed E-state index contributed by atoms with van der Waals surface area (Å²) in [5.41, 5.74) is 1.76. The van der Waals surface area contributed by atoms with Crippen LogP contribution in [-0.2, 0) is 5.41 Å². The molecule has 0 amide bonds. The third-order valence-electron chi connectivity index (χ3n) is 6.69. The molecule has 4 rings (SSSR count). The van der Waals surface area contributed by atoms with E-state index in [0.29, 0.717) is 0 Å². The summed E-state index contributed by atoms with van der Waals surface area (Å²) in [6.07, 6.45) is 8.97. The van der Waals surface area contributed by atoms with Crippen LogP contribution >= 0.6 is 0 Å². The van der Waals surface area contributed by atoms with Crippen LogP contribution in [0.2, 0.25) is 0 Å². The van der Waals surface area contributed by atoms with Crippen molar-refractivity contribution < 1.29 is 5.11 Å². The lowest BCUT2D eigenvalue weighted by Crippen LogP contribution is -2.34. The monoisotopic (exact) mass is 417 g/mol. The third-order valence-corrected chi connectivity index (χ3v) is 6.69. The molecule has 4 heteroatoms. The Hall–Kier alpha value is -2.88. The molecule has 31 heavy (non-hydrogen) atoms. The maximum atomic E-state index is 12.1. The van der Waals surface area contributed by atoms with Crippen molar-refractivity contribution in [3.05, 3.63) is 73.7 Å². The van der Waals surface area contributed by atoms with Crippen LogP contribution in [0.5, 0.6) is 5.75 Å². The van der Waals surface area contributed by atoms with Gasteiger partial charge >= 0.3 is 0 Å². The zero-order valence-electron chi connectivity index (χ0n) is 18.7. The Morgan fingerprint density at radius 1 is 0.935 bits per heavy atom. The first-order chi connectivity index (χ1) is 14.9. The molecule has 0 atom stereocenters. The first-order valence-electron chi connectivity index (χ1n) is 11.4. The molecular formula is C27H31NO3. The minimum absolute atomic E-state index is 0.137. The molecule has 4 nitrogen and oxygen atoms in total. The second-order valence-corrected chi connectivity index (χ2v) is 9.18. The zero-order valence-corrected chi connectivity index (χ0v) is 18.7. The molecule has 0 radical (unpaired) electrons. The molecule has 0 aromatic heterocycles. The molecule has 0 spiro atoms. The molecule has 3 aromatic carbocycles. The predicted octanol–water partition coefficient (Wildman–Crippen LogP) is 5.64. The van der Waals surface area contributed by atoms with Crippen LogP contribution in [0.1, 0.15) is 70.4 Å². The summed E-state index contributed by atoms with van der Waals surface area (Å²) < 4.78 is 0. The van der Waals surface area contributed by atoms with E-state index in [0.717, 1.165) is 24.4 Å². The molecule has 0 aliphatic carbocycles. The highest BCUT2D eigenvalue weighted by molar-refractivity contribution is 5.95. The van der Waals surface area contributed by atoms with Crippen molar-refractivity contribution in [3.63, 3.8) is 0 Å². The number of rotatable bonds is 8. The van der Waals surface area contributed by atoms with E-state index < -0.39 is 16.6 Å². The molecule has 1 aliphatic heterocycles. The SMILES string of the molecule is CCCCCCCCN1/C(=C/c2c(O)c(=O)c2=O)C(C)(C)c2c1ccc1ccccc21. The van der Waals surface area contributed by atoms with E-state index in [1.807, 2.05) is 6.07 Å². The molecular weight excluding hydrogens is 386 g/mol. The number of hydrogen-bond donors (Lipinski definition) is 1. The van der Waals surface area contributed by atoms with Gasteiger partial charge in [0.05, 0.1) is 5.56 Å². The summed E-state index contributed by atoms with van der Waals surface area (Å²) in [4.78, 5) is 26.0. The number of benzene rings is 2. The van der Waals surface area contributed by atoms with Crippen LogP contribution in [0.15, 0.2) is 51.7 Å². The van der Waals surface area contributed by atoms with Crippen LogP contribution in [0.25, 0.3) is 16.8 Å². The van der Waals surface area contributed by atoms with Gasteiger partial charge in [-0.3, -0.25) is 9.59 Å². The standard InChI is InChI=1S/C27H31NO3/c1-4-5-6-7-8-11-16-28-21-15-14-18-12-9-10-13-19(18)23(21)27(2,3)22(28)17-20-24(29)26(31)25(20)30/h9-10,12-15,17,29H,4-8,11,16H2,1-3H3/b22-17+. The largest absolute Gasteiger partial charge is 0.504 e. The molecule has 1 N–H and O–H groups in total. The fourth-order valence-corrected chi connectivity index (χ4v) is 4.95. The number of hydrogen-bond acceptors (Lipinski definition) is 4. The normalized spacial score (nSPS) is 16.5. The summed E-state index contributed by atoms with van der Waals surface area (Å²) in [6, 6.07) is 12.7. The van der Waals surface area contributed by atoms with Gasteiger partial charge in [0.25, 0.3) is 5.43 Å². The Balaban J connectivity index is 1.75. The van der Waals surface area contributed by atoms with Crippen molar-refractivity contribution in [3.8, 4) is 5.75 Å². The highest BCUT2D eigenvalue weighted by Crippen LogP contribution is 2.51. The fraction of sp³-hybridized carbons (Fsp3) is 0.407. The molecule has 1 heterocycles. The van der Waals surface area contributed by atoms with Crippen molar-refractivity contribution in [1.82, 2.24) is 0 Å². The number of nitrogens with zero attached hydrogens (tertiary/aromatic N) is 1. The topological polar surface area (TPSA) is 57.6 Å². The van der Waals surface area contributed by atoms with Crippen LogP contribution in [0.4, 0.5) is 5.69 Å². The number of allylic oxidation sites excluding steroid dienone is 1. The van der Waals surface area contributed by atoms with E-state index in [1.54, 1.807) is 6.08 Å². The first kappa shape index (κ1) is 21.4. The van der Waals surface area contributed by atoms with Crippen molar-refractivity contribution in [1.29, 1.82) is 0 Å². The van der Waals surface area contributed by atoms with Gasteiger partial charge in [-0.15, -0.1) is 0 Å². The number of anilines is 1. The third kappa shape index (κ3) is 3.58. The van der Waals surface area contributed by atoms with Crippen molar-refractivity contribution in [2.24, 2.45) is 0 Å². The van der Waals surface area contributed by atoms with Gasteiger partial charge in [0, 0.05) is 23.3 Å². The predicted molar refractivity (Wildman–Crippen MR) is 129 cm³/mol. The molecule has 0 fully saturated rings. The van der Waals surface area contributed by atoms with Crippen molar-refractivity contribution in [2.75, 3.05) is 11.4 Å². The Kier molecular flexibility index (Phi) is 5.74. The van der Waals surface area contributed by atoms with Crippen LogP contribution in [0.3, 0.4) is 0 Å². The molecule has 162 valence electrons. The van der Waals surface area contributed by atoms with E-state index in [-0.39, 0.29) is 11.0 Å². The minimum atomic E-state index is -0.784. The van der Waals surface area contributed by atoms with E-state index in [4.69, 9.17) is 0 Å². The lowest BCUT2D eigenvalue weighted by molar-refractivity contribution is 0.461. The van der Waals surface area contributed by atoms with Crippen LogP contribution < -0.4 is 15.8 Å². The Bertz CT molecular complexity index is 1210. The highest BCUT2D eigenvalue weighted by Gasteiger charge is 2.41. The maximum Gasteiger partial charge on any atom is 0.268 e. The second-order valence-electron chi connectivity index (χ2n) is 9.18. The Morgan fingerprint density at radius 3 is 2.39 bits per heavy atom. The maximum absolute atomic E-state index is 12.1. The molecule has 0 unspecified atom stereocenters. The molecule has 3 aromatic rings. The number of aromatic hydroxyl groups is 1. The average molecular weight is 418 g/mol. The van der Waals surface area contributed by atoms with E-state index in [1.165, 1.54) is 48.4 Å². The summed E-state index contributed by atoms with van der Waals surface area (Å²) in [7, 11) is 0. The van der Waals surface area contributed by atoms with Crippen molar-refractivity contribution in [2.45, 2.75) is 64.7 Å². The summed E-state index contributed by atoms with van der Waals surface area (Å²) in [5, 5.41) is 12.4. The fourth-order valence-electron chi connectivity index (χ4n) is 4.95. The van der Waals surface area contributed by atoms with Gasteiger partial charge in [0.2, 0.25) is 5.43 Å². The summed E-state index contributed by atoms with van der Waals surface area (Å²) >= 11 is 0. The van der Waals surface area contributed by atoms with Gasteiger partial charge in [-0.25, -0.2) is 0 Å². The Labute approximate surface area is 183 Å². The minimum Gasteiger partial charge on any atom is -0.504 e. The van der Waals surface area contributed by atoms with Crippen molar-refractivity contribution >= 4 is 22.5 Å². The number of fused-ring (bicyclic) bond motifs is 3. The van der Waals surface area contributed by atoms with E-state index in [2.05, 4.69) is 56.0 Å². The van der Waals surface area contributed by atoms with Crippen LogP contribution in [-0.4, -0.2) is 11.7 Å². The molecule has 0 bridgehead atoms. The lowest BCUT2D eigenvalue weighted by atomic mass is 9.80. The molecule has 1 aliphatic rings. The Morgan fingerprint density at radius 2 is 1.65 bits per heavy atom. The summed E-state index contributed by atoms with van der Waals surface area (Å²) in [5.74, 6) is -0.409. The smallest absolute Gasteiger partial charge is 0.268 e. The van der Waals surface area contributed by atoms with Crippen LogP contribution in [0, 0.1) is 0 Å². The lowest BCUT2D eigenvalue weighted by Gasteiger charge is -2.27. The van der Waals surface area contributed by atoms with Gasteiger partial charge in [-0.05, 0) is 34.9 Å². The molecule has 0 saturated carbocycles. The average Bonchev–Trinajstić information content (AvgIpc) is 2.99. The van der Waals surface area contributed by atoms with E-state index in [9.17, 15) is 14.7 Å². The number of unbranched alkanes of at least 4 members (excludes halogenated alkanes) is 5. The highest BCUT2D eigenvalue weighted by atomic mass is 16.3. The van der Waals surface area contributed by atoms with E-state index >= 15 is 0 Å². The molecule has 0 saturated heterocycles. The summed E-state index contributed by atoms with van der Waals surface area (Å²) in [6.45, 7) is 7.39. The second kappa shape index (κ2) is 8.33. The van der Waals surface area contributed by atoms with Gasteiger partial charge in [-0.2, -0.15) is 0 Å². The van der Waals surface area contributed by atoms with Gasteiger partial charge in [0.15, 0.2) is 5.75 Å².